The monoisotopic (exact) mass is 380 g/mol. The molecule has 3 rings (SSSR count). The van der Waals surface area contributed by atoms with E-state index in [1.165, 1.54) is 0 Å². The van der Waals surface area contributed by atoms with Crippen molar-refractivity contribution >= 4 is 34.8 Å². The van der Waals surface area contributed by atoms with Crippen LogP contribution in [-0.2, 0) is 0 Å². The maximum absolute atomic E-state index is 12.3. The molecule has 0 aliphatic heterocycles. The number of carbonyl (C=O) groups is 2. The van der Waals surface area contributed by atoms with Crippen LogP contribution < -0.4 is 15.4 Å². The molecule has 0 aliphatic carbocycles. The van der Waals surface area contributed by atoms with Crippen molar-refractivity contribution in [3.63, 3.8) is 0 Å². The number of hydrogen-bond acceptors (Lipinski definition) is 3. The summed E-state index contributed by atoms with van der Waals surface area (Å²) in [6, 6.07) is 20.4. The molecule has 0 saturated carbocycles. The molecule has 0 unspecified atom stereocenters. The minimum atomic E-state index is -0.270. The Labute approximate surface area is 161 Å². The average Bonchev–Trinajstić information content (AvgIpc) is 2.69. The molecule has 3 aromatic rings. The van der Waals surface area contributed by atoms with Crippen molar-refractivity contribution < 1.29 is 14.3 Å². The zero-order chi connectivity index (χ0) is 19.2. The van der Waals surface area contributed by atoms with Crippen molar-refractivity contribution in [2.75, 3.05) is 17.7 Å². The van der Waals surface area contributed by atoms with Gasteiger partial charge in [0.1, 0.15) is 5.75 Å². The highest BCUT2D eigenvalue weighted by Gasteiger charge is 2.09. The number of ether oxygens (including phenoxy) is 1. The Morgan fingerprint density at radius 2 is 1.33 bits per heavy atom. The van der Waals surface area contributed by atoms with Gasteiger partial charge in [-0.1, -0.05) is 17.7 Å². The van der Waals surface area contributed by atoms with Crippen molar-refractivity contribution in [1.82, 2.24) is 0 Å². The molecule has 2 amide bonds. The Morgan fingerprint density at radius 1 is 0.778 bits per heavy atom. The quantitative estimate of drug-likeness (QED) is 0.664. The van der Waals surface area contributed by atoms with E-state index in [1.807, 2.05) is 0 Å². The number of halogens is 1. The lowest BCUT2D eigenvalue weighted by atomic mass is 10.1. The maximum atomic E-state index is 12.3. The normalized spacial score (nSPS) is 10.1. The predicted octanol–water partition coefficient (Wildman–Crippen LogP) is 4.85. The second-order valence-corrected chi connectivity index (χ2v) is 6.16. The molecule has 5 nitrogen and oxygen atoms in total. The van der Waals surface area contributed by atoms with Crippen LogP contribution in [0, 0.1) is 0 Å². The lowest BCUT2D eigenvalue weighted by Crippen LogP contribution is -2.13. The molecule has 27 heavy (non-hydrogen) atoms. The number of benzene rings is 3. The van der Waals surface area contributed by atoms with Gasteiger partial charge in [-0.25, -0.2) is 0 Å². The molecule has 6 heteroatoms. The first kappa shape index (κ1) is 18.5. The fourth-order valence-electron chi connectivity index (χ4n) is 2.42. The average molecular weight is 381 g/mol. The molecule has 0 heterocycles. The van der Waals surface area contributed by atoms with E-state index in [-0.39, 0.29) is 11.8 Å². The second kappa shape index (κ2) is 8.38. The Balaban J connectivity index is 1.63. The smallest absolute Gasteiger partial charge is 0.255 e. The van der Waals surface area contributed by atoms with Gasteiger partial charge in [0, 0.05) is 27.5 Å². The summed E-state index contributed by atoms with van der Waals surface area (Å²) >= 11 is 5.90. The third-order valence-electron chi connectivity index (χ3n) is 3.84. The van der Waals surface area contributed by atoms with Gasteiger partial charge >= 0.3 is 0 Å². The van der Waals surface area contributed by atoms with Crippen LogP contribution in [0.2, 0.25) is 5.02 Å². The lowest BCUT2D eigenvalue weighted by Gasteiger charge is -2.08. The SMILES string of the molecule is COc1ccc(NC(=O)c2ccc(NC(=O)c3cccc(Cl)c3)cc2)cc1. The van der Waals surface area contributed by atoms with Gasteiger partial charge in [0.15, 0.2) is 0 Å². The van der Waals surface area contributed by atoms with Gasteiger partial charge in [0.05, 0.1) is 7.11 Å². The molecule has 0 aliphatic rings. The zero-order valence-corrected chi connectivity index (χ0v) is 15.3. The molecule has 0 radical (unpaired) electrons. The van der Waals surface area contributed by atoms with Crippen molar-refractivity contribution in [1.29, 1.82) is 0 Å². The van der Waals surface area contributed by atoms with Crippen LogP contribution in [-0.4, -0.2) is 18.9 Å². The first-order valence-electron chi connectivity index (χ1n) is 8.17. The van der Waals surface area contributed by atoms with Gasteiger partial charge in [0.25, 0.3) is 11.8 Å². The molecule has 0 aromatic heterocycles. The van der Waals surface area contributed by atoms with Gasteiger partial charge in [-0.3, -0.25) is 9.59 Å². The van der Waals surface area contributed by atoms with E-state index >= 15 is 0 Å². The highest BCUT2D eigenvalue weighted by atomic mass is 35.5. The fourth-order valence-corrected chi connectivity index (χ4v) is 2.61. The van der Waals surface area contributed by atoms with Crippen molar-refractivity contribution in [3.05, 3.63) is 88.9 Å². The van der Waals surface area contributed by atoms with E-state index in [4.69, 9.17) is 16.3 Å². The van der Waals surface area contributed by atoms with E-state index in [0.29, 0.717) is 33.3 Å². The van der Waals surface area contributed by atoms with Crippen molar-refractivity contribution in [3.8, 4) is 5.75 Å². The number of rotatable bonds is 5. The van der Waals surface area contributed by atoms with Gasteiger partial charge in [-0.15, -0.1) is 0 Å². The summed E-state index contributed by atoms with van der Waals surface area (Å²) in [6.45, 7) is 0. The summed E-state index contributed by atoms with van der Waals surface area (Å²) < 4.78 is 5.09. The van der Waals surface area contributed by atoms with E-state index in [1.54, 1.807) is 79.9 Å². The number of methoxy groups -OCH3 is 1. The van der Waals surface area contributed by atoms with Crippen molar-refractivity contribution in [2.24, 2.45) is 0 Å². The fraction of sp³-hybridized carbons (Fsp3) is 0.0476. The highest BCUT2D eigenvalue weighted by Crippen LogP contribution is 2.17. The molecule has 0 spiro atoms. The Kier molecular flexibility index (Phi) is 5.74. The molecular weight excluding hydrogens is 364 g/mol. The Morgan fingerprint density at radius 3 is 1.89 bits per heavy atom. The molecule has 136 valence electrons. The number of nitrogens with one attached hydrogen (secondary N) is 2. The van der Waals surface area contributed by atoms with E-state index in [0.717, 1.165) is 0 Å². The van der Waals surface area contributed by atoms with Crippen LogP contribution in [0.5, 0.6) is 5.75 Å². The standard InChI is InChI=1S/C21H17ClN2O3/c1-27-19-11-9-18(10-12-19)23-20(25)14-5-7-17(8-6-14)24-21(26)15-3-2-4-16(22)13-15/h2-13H,1H3,(H,23,25)(H,24,26). The molecular formula is C21H17ClN2O3. The zero-order valence-electron chi connectivity index (χ0n) is 14.5. The molecule has 0 saturated heterocycles. The molecule has 3 aromatic carbocycles. The van der Waals surface area contributed by atoms with E-state index < -0.39 is 0 Å². The Bertz CT molecular complexity index is 954. The second-order valence-electron chi connectivity index (χ2n) is 5.72. The third kappa shape index (κ3) is 4.86. The van der Waals surface area contributed by atoms with Crippen LogP contribution in [0.3, 0.4) is 0 Å². The maximum Gasteiger partial charge on any atom is 0.255 e. The van der Waals surface area contributed by atoms with Gasteiger partial charge in [0.2, 0.25) is 0 Å². The summed E-state index contributed by atoms with van der Waals surface area (Å²) in [5.74, 6) is 0.202. The molecule has 0 fully saturated rings. The third-order valence-corrected chi connectivity index (χ3v) is 4.07. The number of carbonyl (C=O) groups excluding carboxylic acids is 2. The minimum absolute atomic E-state index is 0.243. The van der Waals surface area contributed by atoms with E-state index in [9.17, 15) is 9.59 Å². The van der Waals surface area contributed by atoms with Crippen LogP contribution >= 0.6 is 11.6 Å². The summed E-state index contributed by atoms with van der Waals surface area (Å²) in [7, 11) is 1.58. The van der Waals surface area contributed by atoms with Crippen LogP contribution in [0.4, 0.5) is 11.4 Å². The highest BCUT2D eigenvalue weighted by molar-refractivity contribution is 6.31. The summed E-state index contributed by atoms with van der Waals surface area (Å²) in [6.07, 6.45) is 0. The Hall–Kier alpha value is -3.31. The van der Waals surface area contributed by atoms with E-state index in [2.05, 4.69) is 10.6 Å². The number of hydrogen-bond donors (Lipinski definition) is 2. The molecule has 2 N–H and O–H groups in total. The largest absolute Gasteiger partial charge is 0.497 e. The molecule has 0 bridgehead atoms. The van der Waals surface area contributed by atoms with Gasteiger partial charge in [-0.05, 0) is 66.7 Å². The summed E-state index contributed by atoms with van der Waals surface area (Å²) in [5.41, 5.74) is 2.19. The summed E-state index contributed by atoms with van der Waals surface area (Å²) in [4.78, 5) is 24.5. The van der Waals surface area contributed by atoms with Gasteiger partial charge < -0.3 is 15.4 Å². The van der Waals surface area contributed by atoms with Crippen molar-refractivity contribution in [2.45, 2.75) is 0 Å². The van der Waals surface area contributed by atoms with Crippen LogP contribution in [0.1, 0.15) is 20.7 Å². The lowest BCUT2D eigenvalue weighted by molar-refractivity contribution is 0.102. The predicted molar refractivity (Wildman–Crippen MR) is 107 cm³/mol. The minimum Gasteiger partial charge on any atom is -0.497 e. The topological polar surface area (TPSA) is 67.4 Å². The molecule has 0 atom stereocenters. The van der Waals surface area contributed by atoms with Crippen LogP contribution in [0.15, 0.2) is 72.8 Å². The first-order chi connectivity index (χ1) is 13.0. The number of amides is 2. The summed E-state index contributed by atoms with van der Waals surface area (Å²) in [5, 5.41) is 6.07. The number of anilines is 2. The first-order valence-corrected chi connectivity index (χ1v) is 8.55. The van der Waals surface area contributed by atoms with Crippen LogP contribution in [0.25, 0.3) is 0 Å². The van der Waals surface area contributed by atoms with Gasteiger partial charge in [-0.2, -0.15) is 0 Å².